The number of hydrogen-bond donors (Lipinski definition) is 1. The first-order valence-electron chi connectivity index (χ1n) is 13.5. The lowest BCUT2D eigenvalue weighted by Gasteiger charge is -2.22. The van der Waals surface area contributed by atoms with Crippen molar-refractivity contribution in [3.05, 3.63) is 100 Å². The van der Waals surface area contributed by atoms with Crippen molar-refractivity contribution < 1.29 is 14.5 Å². The van der Waals surface area contributed by atoms with Crippen LogP contribution < -0.4 is 10.2 Å². The maximum absolute atomic E-state index is 12.5. The van der Waals surface area contributed by atoms with Crippen molar-refractivity contribution in [2.24, 2.45) is 5.10 Å². The highest BCUT2D eigenvalue weighted by Crippen LogP contribution is 2.33. The summed E-state index contributed by atoms with van der Waals surface area (Å²) >= 11 is 1.01. The van der Waals surface area contributed by atoms with E-state index in [4.69, 9.17) is 4.74 Å². The number of aromatic nitrogens is 3. The van der Waals surface area contributed by atoms with Crippen LogP contribution in [0.2, 0.25) is 0 Å². The summed E-state index contributed by atoms with van der Waals surface area (Å²) < 4.78 is 7.91. The zero-order chi connectivity index (χ0) is 28.6. The molecule has 0 amide bonds. The molecular formula is C30H30N6O4S. The van der Waals surface area contributed by atoms with Crippen molar-refractivity contribution in [3.63, 3.8) is 0 Å². The van der Waals surface area contributed by atoms with Crippen LogP contribution in [0.15, 0.2) is 89.1 Å². The number of thioether (sulfide) groups is 1. The molecule has 0 aliphatic heterocycles. The Hall–Kier alpha value is -4.51. The molecule has 0 radical (unpaired) electrons. The van der Waals surface area contributed by atoms with Crippen LogP contribution in [0.5, 0.6) is 5.75 Å². The van der Waals surface area contributed by atoms with Gasteiger partial charge in [-0.25, -0.2) is 0 Å². The molecule has 1 aliphatic carbocycles. The molecule has 1 aromatic heterocycles. The van der Waals surface area contributed by atoms with Gasteiger partial charge in [0.15, 0.2) is 16.7 Å². The molecule has 1 aliphatic rings. The van der Waals surface area contributed by atoms with Crippen molar-refractivity contribution in [1.29, 1.82) is 0 Å². The van der Waals surface area contributed by atoms with Gasteiger partial charge in [0.05, 0.1) is 4.92 Å². The van der Waals surface area contributed by atoms with Gasteiger partial charge in [-0.2, -0.15) is 5.10 Å². The first-order valence-corrected chi connectivity index (χ1v) is 14.3. The van der Waals surface area contributed by atoms with Crippen molar-refractivity contribution in [3.8, 4) is 11.4 Å². The number of ether oxygens (including phenoxy) is 1. The molecule has 0 bridgehead atoms. The third kappa shape index (κ3) is 6.98. The number of benzene rings is 3. The van der Waals surface area contributed by atoms with Gasteiger partial charge in [-0.3, -0.25) is 24.9 Å². The molecule has 0 spiro atoms. The van der Waals surface area contributed by atoms with Gasteiger partial charge in [-0.05, 0) is 66.4 Å². The fourth-order valence-electron chi connectivity index (χ4n) is 4.81. The normalized spacial score (nSPS) is 14.0. The van der Waals surface area contributed by atoms with Crippen LogP contribution in [0.4, 0.5) is 11.4 Å². The molecule has 1 N–H and O–H groups in total. The first kappa shape index (κ1) is 28.0. The molecule has 5 rings (SSSR count). The van der Waals surface area contributed by atoms with Crippen LogP contribution in [0.3, 0.4) is 0 Å². The Kier molecular flexibility index (Phi) is 9.05. The number of carbonyl (C=O) groups is 1. The minimum atomic E-state index is -0.514. The lowest BCUT2D eigenvalue weighted by atomic mass is 9.84. The molecule has 10 nitrogen and oxygen atoms in total. The second-order valence-corrected chi connectivity index (χ2v) is 10.7. The molecule has 0 saturated heterocycles. The van der Waals surface area contributed by atoms with Crippen LogP contribution in [0.1, 0.15) is 56.3 Å². The number of rotatable bonds is 10. The maximum Gasteiger partial charge on any atom is 0.294 e. The largest absolute Gasteiger partial charge is 0.486 e. The number of nitrogens with zero attached hydrogens (tertiary/aromatic N) is 5. The maximum atomic E-state index is 12.5. The average Bonchev–Trinajstić information content (AvgIpc) is 3.41. The molecule has 0 unspecified atom stereocenters. The molecule has 210 valence electrons. The summed E-state index contributed by atoms with van der Waals surface area (Å²) in [7, 11) is 0. The molecule has 0 atom stereocenters. The van der Waals surface area contributed by atoms with Gasteiger partial charge in [0, 0.05) is 18.7 Å². The van der Waals surface area contributed by atoms with Crippen LogP contribution in [-0.2, 0) is 11.4 Å². The number of anilines is 1. The van der Waals surface area contributed by atoms with Gasteiger partial charge in [-0.1, -0.05) is 61.7 Å². The van der Waals surface area contributed by atoms with E-state index >= 15 is 0 Å². The third-order valence-electron chi connectivity index (χ3n) is 6.91. The number of hydrogen-bond acceptors (Lipinski definition) is 9. The van der Waals surface area contributed by atoms with E-state index in [9.17, 15) is 14.9 Å². The number of nitro groups is 1. The van der Waals surface area contributed by atoms with E-state index in [0.29, 0.717) is 16.9 Å². The fraction of sp³-hybridized carbons (Fsp3) is 0.267. The molecule has 3 aromatic carbocycles. The molecular weight excluding hydrogens is 540 g/mol. The van der Waals surface area contributed by atoms with Gasteiger partial charge < -0.3 is 4.74 Å². The van der Waals surface area contributed by atoms with E-state index < -0.39 is 4.92 Å². The number of hydrazone groups is 1. The topological polar surface area (TPSA) is 125 Å². The van der Waals surface area contributed by atoms with Crippen LogP contribution in [0, 0.1) is 10.1 Å². The van der Waals surface area contributed by atoms with E-state index in [0.717, 1.165) is 23.2 Å². The Balaban J connectivity index is 1.36. The molecule has 11 heteroatoms. The monoisotopic (exact) mass is 570 g/mol. The highest BCUT2D eigenvalue weighted by molar-refractivity contribution is 8.15. The number of ketones is 1. The predicted octanol–water partition coefficient (Wildman–Crippen LogP) is 6.91. The lowest BCUT2D eigenvalue weighted by Crippen LogP contribution is -2.11. The Morgan fingerprint density at radius 2 is 1.73 bits per heavy atom. The second kappa shape index (κ2) is 13.2. The summed E-state index contributed by atoms with van der Waals surface area (Å²) in [5.74, 6) is 1.57. The average molecular weight is 571 g/mol. The molecule has 4 aromatic rings. The highest BCUT2D eigenvalue weighted by Gasteiger charge is 2.21. The third-order valence-corrected chi connectivity index (χ3v) is 7.93. The Morgan fingerprint density at radius 3 is 2.44 bits per heavy atom. The van der Waals surface area contributed by atoms with Gasteiger partial charge in [0.1, 0.15) is 18.0 Å². The fourth-order valence-corrected chi connectivity index (χ4v) is 5.61. The van der Waals surface area contributed by atoms with E-state index in [1.807, 2.05) is 47.0 Å². The van der Waals surface area contributed by atoms with Crippen molar-refractivity contribution in [2.75, 3.05) is 5.43 Å². The standard InChI is InChI=1S/C30H30N6O4S/c1-21(37)29(33-31-26-14-8-9-15-27(26)36(38)39)41-30-34-32-28(35(30)24-12-6-3-7-13-24)20-40-25-18-16-23(17-19-25)22-10-4-2-5-11-22/h3,6-9,12-19,22,31H,2,4-5,10-11,20H2,1H3. The van der Waals surface area contributed by atoms with E-state index in [-0.39, 0.29) is 28.8 Å². The summed E-state index contributed by atoms with van der Waals surface area (Å²) in [6.45, 7) is 1.53. The Bertz CT molecular complexity index is 1530. The summed E-state index contributed by atoms with van der Waals surface area (Å²) in [5, 5.41) is 24.7. The van der Waals surface area contributed by atoms with E-state index in [2.05, 4.69) is 32.9 Å². The zero-order valence-corrected chi connectivity index (χ0v) is 23.4. The molecule has 1 fully saturated rings. The number of carbonyl (C=O) groups excluding carboxylic acids is 1. The smallest absolute Gasteiger partial charge is 0.294 e. The quantitative estimate of drug-likeness (QED) is 0.0717. The summed E-state index contributed by atoms with van der Waals surface area (Å²) in [4.78, 5) is 23.3. The Labute approximate surface area is 242 Å². The van der Waals surface area contributed by atoms with Crippen LogP contribution in [-0.4, -0.2) is 30.5 Å². The molecule has 41 heavy (non-hydrogen) atoms. The minimum Gasteiger partial charge on any atom is -0.486 e. The summed E-state index contributed by atoms with van der Waals surface area (Å²) in [5.41, 5.74) is 4.83. The predicted molar refractivity (Wildman–Crippen MR) is 159 cm³/mol. The van der Waals surface area contributed by atoms with E-state index in [1.54, 1.807) is 12.1 Å². The Morgan fingerprint density at radius 1 is 1.02 bits per heavy atom. The molecule has 1 heterocycles. The zero-order valence-electron chi connectivity index (χ0n) is 22.6. The van der Waals surface area contributed by atoms with Gasteiger partial charge >= 0.3 is 0 Å². The number of nitro benzene ring substituents is 1. The van der Waals surface area contributed by atoms with Gasteiger partial charge in [0.25, 0.3) is 5.69 Å². The highest BCUT2D eigenvalue weighted by atomic mass is 32.2. The number of nitrogens with one attached hydrogen (secondary N) is 1. The minimum absolute atomic E-state index is 0.0681. The summed E-state index contributed by atoms with van der Waals surface area (Å²) in [6.07, 6.45) is 6.38. The first-order chi connectivity index (χ1) is 20.0. The van der Waals surface area contributed by atoms with Crippen molar-refractivity contribution in [1.82, 2.24) is 14.8 Å². The van der Waals surface area contributed by atoms with Gasteiger partial charge in [0.2, 0.25) is 5.16 Å². The van der Waals surface area contributed by atoms with Crippen LogP contribution >= 0.6 is 11.8 Å². The number of para-hydroxylation sites is 3. The van der Waals surface area contributed by atoms with E-state index in [1.165, 1.54) is 56.7 Å². The SMILES string of the molecule is CC(=O)C(=NNc1ccccc1[N+](=O)[O-])Sc1nnc(COc2ccc(C3CCCCC3)cc2)n1-c1ccccc1. The van der Waals surface area contributed by atoms with Crippen molar-refractivity contribution in [2.45, 2.75) is 56.7 Å². The van der Waals surface area contributed by atoms with Crippen LogP contribution in [0.25, 0.3) is 5.69 Å². The lowest BCUT2D eigenvalue weighted by molar-refractivity contribution is -0.384. The molecule has 1 saturated carbocycles. The van der Waals surface area contributed by atoms with Crippen molar-refractivity contribution >= 4 is 34.0 Å². The second-order valence-electron chi connectivity index (χ2n) is 9.72. The number of Topliss-reactive ketones (excluding diaryl/α,β-unsaturated/α-hetero) is 1. The van der Waals surface area contributed by atoms with Gasteiger partial charge in [-0.15, -0.1) is 10.2 Å². The summed E-state index contributed by atoms with van der Waals surface area (Å²) in [6, 6.07) is 23.9.